The van der Waals surface area contributed by atoms with Crippen LogP contribution in [0.2, 0.25) is 0 Å². The van der Waals surface area contributed by atoms with Gasteiger partial charge in [0.05, 0.1) is 0 Å². The van der Waals surface area contributed by atoms with Gasteiger partial charge in [-0.15, -0.1) is 0 Å². The van der Waals surface area contributed by atoms with Crippen molar-refractivity contribution in [2.24, 2.45) is 0 Å². The van der Waals surface area contributed by atoms with Gasteiger partial charge in [0.2, 0.25) is 0 Å². The van der Waals surface area contributed by atoms with Crippen LogP contribution in [0.5, 0.6) is 0 Å². The molecule has 3 heteroatoms. The van der Waals surface area contributed by atoms with E-state index < -0.39 is 0 Å². The summed E-state index contributed by atoms with van der Waals surface area (Å²) >= 11 is 0. The molecule has 36 heavy (non-hydrogen) atoms. The predicted octanol–water partition coefficient (Wildman–Crippen LogP) is 8.21. The van der Waals surface area contributed by atoms with E-state index in [9.17, 15) is 0 Å². The first-order valence-electron chi connectivity index (χ1n) is 12.0. The van der Waals surface area contributed by atoms with Crippen molar-refractivity contribution in [1.82, 2.24) is 15.0 Å². The van der Waals surface area contributed by atoms with Crippen molar-refractivity contribution in [3.8, 4) is 56.4 Å². The smallest absolute Gasteiger partial charge is 0.164 e. The standard InChI is InChI=1S/C33H23N3/c1-4-12-24(13-5-1)27-18-10-20-29(22-27)32-34-31(26-16-8-3-9-17-26)35-33(36-32)30-21-11-19-28(23-30)25-14-6-2-7-15-25/h1-23H. The normalized spacial score (nSPS) is 10.8. The molecule has 170 valence electrons. The molecule has 0 atom stereocenters. The third-order valence-corrected chi connectivity index (χ3v) is 6.12. The molecule has 0 aliphatic rings. The van der Waals surface area contributed by atoms with E-state index in [2.05, 4.69) is 97.1 Å². The Balaban J connectivity index is 1.50. The van der Waals surface area contributed by atoms with Crippen LogP contribution in [0.1, 0.15) is 0 Å². The fraction of sp³-hybridized carbons (Fsp3) is 0. The van der Waals surface area contributed by atoms with Gasteiger partial charge in [-0.2, -0.15) is 0 Å². The van der Waals surface area contributed by atoms with E-state index >= 15 is 0 Å². The van der Waals surface area contributed by atoms with E-state index in [1.54, 1.807) is 0 Å². The maximum absolute atomic E-state index is 4.95. The van der Waals surface area contributed by atoms with Crippen LogP contribution in [-0.2, 0) is 0 Å². The predicted molar refractivity (Wildman–Crippen MR) is 147 cm³/mol. The molecule has 0 spiro atoms. The van der Waals surface area contributed by atoms with E-state index in [-0.39, 0.29) is 0 Å². The number of hydrogen-bond donors (Lipinski definition) is 0. The summed E-state index contributed by atoms with van der Waals surface area (Å²) < 4.78 is 0. The fourth-order valence-corrected chi connectivity index (χ4v) is 4.29. The molecular weight excluding hydrogens is 438 g/mol. The molecule has 0 amide bonds. The zero-order valence-electron chi connectivity index (χ0n) is 19.6. The van der Waals surface area contributed by atoms with Crippen LogP contribution in [-0.4, -0.2) is 15.0 Å². The number of benzene rings is 5. The lowest BCUT2D eigenvalue weighted by atomic mass is 10.0. The minimum Gasteiger partial charge on any atom is -0.208 e. The lowest BCUT2D eigenvalue weighted by Gasteiger charge is -2.10. The molecule has 1 heterocycles. The molecule has 3 nitrogen and oxygen atoms in total. The van der Waals surface area contributed by atoms with Crippen molar-refractivity contribution in [2.45, 2.75) is 0 Å². The second-order valence-corrected chi connectivity index (χ2v) is 8.57. The number of aromatic nitrogens is 3. The molecule has 1 aromatic heterocycles. The first-order valence-corrected chi connectivity index (χ1v) is 12.0. The van der Waals surface area contributed by atoms with Gasteiger partial charge in [0, 0.05) is 16.7 Å². The van der Waals surface area contributed by atoms with Gasteiger partial charge in [-0.3, -0.25) is 0 Å². The SMILES string of the molecule is c1ccc(-c2cccc(-c3nc(-c4ccccc4)nc(-c4cccc(-c5ccccc5)c4)n3)c2)cc1. The highest BCUT2D eigenvalue weighted by Gasteiger charge is 2.13. The monoisotopic (exact) mass is 461 g/mol. The Bertz CT molecular complexity index is 1510. The zero-order chi connectivity index (χ0) is 24.2. The first-order chi connectivity index (χ1) is 17.8. The van der Waals surface area contributed by atoms with Crippen LogP contribution in [0.3, 0.4) is 0 Å². The van der Waals surface area contributed by atoms with Crippen molar-refractivity contribution < 1.29 is 0 Å². The topological polar surface area (TPSA) is 38.7 Å². The molecule has 0 saturated heterocycles. The minimum atomic E-state index is 0.654. The maximum atomic E-state index is 4.95. The Morgan fingerprint density at radius 3 is 0.972 bits per heavy atom. The van der Waals surface area contributed by atoms with Gasteiger partial charge in [0.1, 0.15) is 0 Å². The number of hydrogen-bond acceptors (Lipinski definition) is 3. The summed E-state index contributed by atoms with van der Waals surface area (Å²) in [5, 5.41) is 0. The van der Waals surface area contributed by atoms with Crippen LogP contribution >= 0.6 is 0 Å². The first kappa shape index (κ1) is 21.6. The van der Waals surface area contributed by atoms with Gasteiger partial charge in [0.15, 0.2) is 17.5 Å². The van der Waals surface area contributed by atoms with Gasteiger partial charge in [-0.05, 0) is 34.4 Å². The second-order valence-electron chi connectivity index (χ2n) is 8.57. The summed E-state index contributed by atoms with van der Waals surface area (Å²) in [4.78, 5) is 14.7. The lowest BCUT2D eigenvalue weighted by Crippen LogP contribution is -2.00. The second kappa shape index (κ2) is 9.77. The summed E-state index contributed by atoms with van der Waals surface area (Å²) in [6.07, 6.45) is 0. The molecule has 6 aromatic rings. The van der Waals surface area contributed by atoms with Gasteiger partial charge in [0.25, 0.3) is 0 Å². The highest BCUT2D eigenvalue weighted by atomic mass is 15.0. The van der Waals surface area contributed by atoms with Gasteiger partial charge in [-0.25, -0.2) is 15.0 Å². The third-order valence-electron chi connectivity index (χ3n) is 6.12. The van der Waals surface area contributed by atoms with E-state index in [1.165, 1.54) is 0 Å². The molecule has 5 aromatic carbocycles. The van der Waals surface area contributed by atoms with Gasteiger partial charge < -0.3 is 0 Å². The van der Waals surface area contributed by atoms with Crippen LogP contribution in [0.25, 0.3) is 56.4 Å². The molecule has 0 N–H and O–H groups in total. The molecule has 0 unspecified atom stereocenters. The van der Waals surface area contributed by atoms with Crippen molar-refractivity contribution in [3.05, 3.63) is 140 Å². The van der Waals surface area contributed by atoms with E-state index in [0.29, 0.717) is 17.5 Å². The summed E-state index contributed by atoms with van der Waals surface area (Å²) in [6, 6.07) is 47.5. The molecule has 0 aliphatic carbocycles. The van der Waals surface area contributed by atoms with Crippen molar-refractivity contribution >= 4 is 0 Å². The molecular formula is C33H23N3. The Morgan fingerprint density at radius 2 is 0.556 bits per heavy atom. The Hall–Kier alpha value is -4.89. The molecule has 0 bridgehead atoms. The van der Waals surface area contributed by atoms with Crippen LogP contribution in [0, 0.1) is 0 Å². The summed E-state index contributed by atoms with van der Waals surface area (Å²) in [5.41, 5.74) is 7.44. The van der Waals surface area contributed by atoms with Crippen LogP contribution in [0.4, 0.5) is 0 Å². The van der Waals surface area contributed by atoms with Crippen LogP contribution < -0.4 is 0 Å². The maximum Gasteiger partial charge on any atom is 0.164 e. The van der Waals surface area contributed by atoms with Crippen molar-refractivity contribution in [1.29, 1.82) is 0 Å². The number of rotatable bonds is 5. The molecule has 0 radical (unpaired) electrons. The summed E-state index contributed by atoms with van der Waals surface area (Å²) in [5.74, 6) is 1.97. The Kier molecular flexibility index (Phi) is 5.87. The zero-order valence-corrected chi connectivity index (χ0v) is 19.6. The highest BCUT2D eigenvalue weighted by Crippen LogP contribution is 2.29. The average molecular weight is 462 g/mol. The third kappa shape index (κ3) is 4.55. The summed E-state index contributed by atoms with van der Waals surface area (Å²) in [6.45, 7) is 0. The summed E-state index contributed by atoms with van der Waals surface area (Å²) in [7, 11) is 0. The molecule has 0 saturated carbocycles. The van der Waals surface area contributed by atoms with E-state index in [1.807, 2.05) is 42.5 Å². The average Bonchev–Trinajstić information content (AvgIpc) is 2.98. The van der Waals surface area contributed by atoms with Gasteiger partial charge in [-0.1, -0.05) is 127 Å². The van der Waals surface area contributed by atoms with Crippen molar-refractivity contribution in [2.75, 3.05) is 0 Å². The molecule has 6 rings (SSSR count). The van der Waals surface area contributed by atoms with Crippen molar-refractivity contribution in [3.63, 3.8) is 0 Å². The quantitative estimate of drug-likeness (QED) is 0.260. The number of nitrogens with zero attached hydrogens (tertiary/aromatic N) is 3. The molecule has 0 fully saturated rings. The Morgan fingerprint density at radius 1 is 0.250 bits per heavy atom. The lowest BCUT2D eigenvalue weighted by molar-refractivity contribution is 1.07. The molecule has 0 aliphatic heterocycles. The largest absolute Gasteiger partial charge is 0.208 e. The van der Waals surface area contributed by atoms with E-state index in [4.69, 9.17) is 15.0 Å². The Labute approximate surface area is 210 Å². The van der Waals surface area contributed by atoms with Crippen LogP contribution in [0.15, 0.2) is 140 Å². The minimum absolute atomic E-state index is 0.654. The van der Waals surface area contributed by atoms with Gasteiger partial charge >= 0.3 is 0 Å². The highest BCUT2D eigenvalue weighted by molar-refractivity contribution is 5.74. The van der Waals surface area contributed by atoms with E-state index in [0.717, 1.165) is 38.9 Å². The fourth-order valence-electron chi connectivity index (χ4n) is 4.29.